The van der Waals surface area contributed by atoms with Gasteiger partial charge in [-0.15, -0.1) is 0 Å². The lowest BCUT2D eigenvalue weighted by Crippen LogP contribution is -2.12. The van der Waals surface area contributed by atoms with Gasteiger partial charge in [0.05, 0.1) is 0 Å². The fraction of sp³-hybridized carbons (Fsp3) is 0.167. The molecular weight excluding hydrogens is 186 g/mol. The number of nitrogens with zero attached hydrogens (tertiary/aromatic N) is 3. The van der Waals surface area contributed by atoms with Crippen LogP contribution in [0.5, 0.6) is 0 Å². The average Bonchev–Trinajstić information content (AvgIpc) is 2.30. The van der Waals surface area contributed by atoms with Crippen molar-refractivity contribution in [3.05, 3.63) is 48.3 Å². The highest BCUT2D eigenvalue weighted by Gasteiger charge is 2.04. The van der Waals surface area contributed by atoms with E-state index in [0.717, 1.165) is 5.69 Å². The predicted octanol–water partition coefficient (Wildman–Crippen LogP) is 2.55. The molecule has 0 aliphatic heterocycles. The maximum atomic E-state index is 4.19. The van der Waals surface area contributed by atoms with Crippen molar-refractivity contribution in [2.24, 2.45) is 0 Å². The summed E-state index contributed by atoms with van der Waals surface area (Å²) in [4.78, 5) is 10.3. The molecule has 1 aromatic heterocycles. The second kappa shape index (κ2) is 4.09. The van der Waals surface area contributed by atoms with Gasteiger partial charge in [-0.2, -0.15) is 0 Å². The second-order valence-corrected chi connectivity index (χ2v) is 3.44. The lowest BCUT2D eigenvalue weighted by Gasteiger charge is -2.16. The number of rotatable bonds is 2. The molecule has 2 rings (SSSR count). The van der Waals surface area contributed by atoms with Crippen molar-refractivity contribution in [3.63, 3.8) is 0 Å². The minimum absolute atomic E-state index is 0.710. The summed E-state index contributed by atoms with van der Waals surface area (Å²) in [6.07, 6.45) is 3.49. The number of benzene rings is 1. The monoisotopic (exact) mass is 199 g/mol. The molecule has 0 bridgehead atoms. The molecule has 0 unspecified atom stereocenters. The zero-order chi connectivity index (χ0) is 10.7. The van der Waals surface area contributed by atoms with Gasteiger partial charge < -0.3 is 4.90 Å². The van der Waals surface area contributed by atoms with E-state index in [1.165, 1.54) is 5.56 Å². The molecular formula is C12H13N3. The molecule has 0 atom stereocenters. The molecule has 2 aromatic rings. The Morgan fingerprint density at radius 3 is 2.20 bits per heavy atom. The number of anilines is 2. The van der Waals surface area contributed by atoms with Crippen LogP contribution in [0.15, 0.2) is 42.7 Å². The molecule has 1 heterocycles. The molecule has 0 N–H and O–H groups in total. The van der Waals surface area contributed by atoms with Crippen molar-refractivity contribution in [3.8, 4) is 0 Å². The fourth-order valence-electron chi connectivity index (χ4n) is 1.35. The molecule has 0 fully saturated rings. The average molecular weight is 199 g/mol. The summed E-state index contributed by atoms with van der Waals surface area (Å²) in [5.74, 6) is 0.710. The van der Waals surface area contributed by atoms with E-state index in [9.17, 15) is 0 Å². The molecule has 1 aromatic carbocycles. The van der Waals surface area contributed by atoms with Crippen LogP contribution in [0.3, 0.4) is 0 Å². The Hall–Kier alpha value is -1.90. The van der Waals surface area contributed by atoms with Gasteiger partial charge in [-0.1, -0.05) is 17.7 Å². The molecule has 0 saturated heterocycles. The van der Waals surface area contributed by atoms with Gasteiger partial charge in [-0.05, 0) is 25.1 Å². The van der Waals surface area contributed by atoms with Crippen LogP contribution in [0, 0.1) is 6.92 Å². The van der Waals surface area contributed by atoms with Gasteiger partial charge in [-0.25, -0.2) is 9.97 Å². The summed E-state index contributed by atoms with van der Waals surface area (Å²) >= 11 is 0. The molecule has 0 amide bonds. The van der Waals surface area contributed by atoms with E-state index in [2.05, 4.69) is 41.2 Å². The van der Waals surface area contributed by atoms with Gasteiger partial charge in [0.15, 0.2) is 0 Å². The summed E-state index contributed by atoms with van der Waals surface area (Å²) in [5.41, 5.74) is 2.34. The summed E-state index contributed by atoms with van der Waals surface area (Å²) in [6, 6.07) is 10.1. The molecule has 0 aliphatic carbocycles. The molecule has 76 valence electrons. The minimum atomic E-state index is 0.710. The van der Waals surface area contributed by atoms with Crippen LogP contribution >= 0.6 is 0 Å². The number of aryl methyl sites for hydroxylation is 1. The first-order chi connectivity index (χ1) is 7.27. The van der Waals surface area contributed by atoms with E-state index in [1.54, 1.807) is 12.4 Å². The Labute approximate surface area is 89.4 Å². The van der Waals surface area contributed by atoms with Crippen LogP contribution in [0.2, 0.25) is 0 Å². The van der Waals surface area contributed by atoms with Crippen molar-refractivity contribution < 1.29 is 0 Å². The molecule has 15 heavy (non-hydrogen) atoms. The minimum Gasteiger partial charge on any atom is -0.314 e. The van der Waals surface area contributed by atoms with Crippen LogP contribution in [-0.4, -0.2) is 17.0 Å². The molecule has 0 radical (unpaired) electrons. The van der Waals surface area contributed by atoms with E-state index in [4.69, 9.17) is 0 Å². The number of hydrogen-bond donors (Lipinski definition) is 0. The van der Waals surface area contributed by atoms with Crippen LogP contribution in [-0.2, 0) is 0 Å². The Kier molecular flexibility index (Phi) is 2.63. The predicted molar refractivity (Wildman–Crippen MR) is 61.3 cm³/mol. The fourth-order valence-corrected chi connectivity index (χ4v) is 1.35. The standard InChI is InChI=1S/C12H13N3/c1-10-4-6-11(7-5-10)15(2)12-13-8-3-9-14-12/h3-9H,1-2H3. The van der Waals surface area contributed by atoms with Gasteiger partial charge in [0.1, 0.15) is 0 Å². The van der Waals surface area contributed by atoms with Crippen molar-refractivity contribution in [1.29, 1.82) is 0 Å². The van der Waals surface area contributed by atoms with Crippen LogP contribution < -0.4 is 4.90 Å². The summed E-state index contributed by atoms with van der Waals surface area (Å²) in [6.45, 7) is 2.07. The molecule has 0 aliphatic rings. The van der Waals surface area contributed by atoms with Crippen LogP contribution in [0.25, 0.3) is 0 Å². The third-order valence-corrected chi connectivity index (χ3v) is 2.27. The largest absolute Gasteiger partial charge is 0.314 e. The summed E-state index contributed by atoms with van der Waals surface area (Å²) in [5, 5.41) is 0. The maximum Gasteiger partial charge on any atom is 0.229 e. The van der Waals surface area contributed by atoms with Gasteiger partial charge in [-0.3, -0.25) is 0 Å². The third kappa shape index (κ3) is 2.13. The van der Waals surface area contributed by atoms with Crippen molar-refractivity contribution >= 4 is 11.6 Å². The van der Waals surface area contributed by atoms with E-state index in [-0.39, 0.29) is 0 Å². The van der Waals surface area contributed by atoms with Crippen molar-refractivity contribution in [2.45, 2.75) is 6.92 Å². The topological polar surface area (TPSA) is 29.0 Å². The normalized spacial score (nSPS) is 10.0. The molecule has 3 nitrogen and oxygen atoms in total. The first-order valence-corrected chi connectivity index (χ1v) is 4.85. The quantitative estimate of drug-likeness (QED) is 0.744. The van der Waals surface area contributed by atoms with Crippen molar-refractivity contribution in [1.82, 2.24) is 9.97 Å². The first kappa shape index (κ1) is 9.65. The Bertz CT molecular complexity index is 422. The summed E-state index contributed by atoms with van der Waals surface area (Å²) < 4.78 is 0. The lowest BCUT2D eigenvalue weighted by atomic mass is 10.2. The second-order valence-electron chi connectivity index (χ2n) is 3.44. The van der Waals surface area contributed by atoms with E-state index in [1.807, 2.05) is 18.0 Å². The van der Waals surface area contributed by atoms with Gasteiger partial charge in [0.25, 0.3) is 0 Å². The van der Waals surface area contributed by atoms with Crippen LogP contribution in [0.4, 0.5) is 11.6 Å². The number of aromatic nitrogens is 2. The maximum absolute atomic E-state index is 4.19. The Morgan fingerprint density at radius 2 is 1.60 bits per heavy atom. The number of hydrogen-bond acceptors (Lipinski definition) is 3. The third-order valence-electron chi connectivity index (χ3n) is 2.27. The zero-order valence-corrected chi connectivity index (χ0v) is 8.88. The van der Waals surface area contributed by atoms with Crippen molar-refractivity contribution in [2.75, 3.05) is 11.9 Å². The highest BCUT2D eigenvalue weighted by molar-refractivity contribution is 5.56. The van der Waals surface area contributed by atoms with E-state index in [0.29, 0.717) is 5.95 Å². The molecule has 3 heteroatoms. The summed E-state index contributed by atoms with van der Waals surface area (Å²) in [7, 11) is 1.96. The highest BCUT2D eigenvalue weighted by atomic mass is 15.2. The van der Waals surface area contributed by atoms with Gasteiger partial charge >= 0.3 is 0 Å². The van der Waals surface area contributed by atoms with E-state index >= 15 is 0 Å². The zero-order valence-electron chi connectivity index (χ0n) is 8.88. The lowest BCUT2D eigenvalue weighted by molar-refractivity contribution is 1.04. The van der Waals surface area contributed by atoms with Gasteiger partial charge in [0, 0.05) is 25.1 Å². The van der Waals surface area contributed by atoms with Gasteiger partial charge in [0.2, 0.25) is 5.95 Å². The SMILES string of the molecule is Cc1ccc(N(C)c2ncccn2)cc1. The smallest absolute Gasteiger partial charge is 0.229 e. The molecule has 0 saturated carbocycles. The highest BCUT2D eigenvalue weighted by Crippen LogP contribution is 2.19. The van der Waals surface area contributed by atoms with Crippen LogP contribution in [0.1, 0.15) is 5.56 Å². The molecule has 0 spiro atoms. The first-order valence-electron chi connectivity index (χ1n) is 4.85. The van der Waals surface area contributed by atoms with E-state index < -0.39 is 0 Å². The Morgan fingerprint density at radius 1 is 1.00 bits per heavy atom. The Balaban J connectivity index is 2.29.